The highest BCUT2D eigenvalue weighted by atomic mass is 31.1. The van der Waals surface area contributed by atoms with Crippen molar-refractivity contribution < 1.29 is 0 Å². The summed E-state index contributed by atoms with van der Waals surface area (Å²) in [5.41, 5.74) is 11.5. The zero-order valence-electron chi connectivity index (χ0n) is 24.1. The van der Waals surface area contributed by atoms with E-state index in [1.807, 2.05) is 0 Å². The fourth-order valence-electron chi connectivity index (χ4n) is 5.76. The van der Waals surface area contributed by atoms with Crippen LogP contribution in [0.25, 0.3) is 0 Å². The van der Waals surface area contributed by atoms with Gasteiger partial charge in [0.1, 0.15) is 0 Å². The SMILES string of the molecule is Cc1cc(C)cc(P(CC(C)P(c2cc(C)cc(C)c2)c2cc(C)cc(C)c2)c2cc(C)cc(C)c2)c1. The van der Waals surface area contributed by atoms with Crippen molar-refractivity contribution in [1.82, 2.24) is 0 Å². The molecule has 0 aliphatic carbocycles. The summed E-state index contributed by atoms with van der Waals surface area (Å²) in [5.74, 6) is 0. The number of hydrogen-bond donors (Lipinski definition) is 0. The Labute approximate surface area is 228 Å². The van der Waals surface area contributed by atoms with Gasteiger partial charge in [-0.15, -0.1) is 0 Å². The second-order valence-electron chi connectivity index (χ2n) is 11.2. The normalized spacial score (nSPS) is 12.4. The number of hydrogen-bond acceptors (Lipinski definition) is 0. The predicted molar refractivity (Wildman–Crippen MR) is 170 cm³/mol. The van der Waals surface area contributed by atoms with E-state index >= 15 is 0 Å². The molecule has 0 nitrogen and oxygen atoms in total. The molecular formula is C35H42P2. The van der Waals surface area contributed by atoms with Crippen LogP contribution in [0.1, 0.15) is 51.4 Å². The third-order valence-corrected chi connectivity index (χ3v) is 12.6. The predicted octanol–water partition coefficient (Wildman–Crippen LogP) is 8.11. The van der Waals surface area contributed by atoms with Gasteiger partial charge in [-0.05, 0) is 104 Å². The van der Waals surface area contributed by atoms with Crippen LogP contribution in [0.4, 0.5) is 0 Å². The standard InChI is InChI=1S/C35H42P2/c1-23-10-24(2)15-32(14-23)36(33-16-25(3)11-26(4)17-33)22-31(9)37(34-18-27(5)12-28(6)19-34)35-20-29(7)13-30(8)21-35/h10-21,31H,22H2,1-9H3. The molecule has 37 heavy (non-hydrogen) atoms. The van der Waals surface area contributed by atoms with Gasteiger partial charge in [0.05, 0.1) is 0 Å². The molecule has 0 heterocycles. The summed E-state index contributed by atoms with van der Waals surface area (Å²) >= 11 is 0. The zero-order chi connectivity index (χ0) is 26.9. The molecule has 0 aliphatic heterocycles. The highest BCUT2D eigenvalue weighted by Crippen LogP contribution is 2.47. The van der Waals surface area contributed by atoms with Crippen LogP contribution >= 0.6 is 15.8 Å². The quantitative estimate of drug-likeness (QED) is 0.214. The molecule has 192 valence electrons. The van der Waals surface area contributed by atoms with Crippen molar-refractivity contribution in [2.24, 2.45) is 0 Å². The zero-order valence-corrected chi connectivity index (χ0v) is 25.9. The fourth-order valence-corrected chi connectivity index (χ4v) is 12.3. The lowest BCUT2D eigenvalue weighted by Crippen LogP contribution is -2.26. The van der Waals surface area contributed by atoms with Gasteiger partial charge in [0.25, 0.3) is 0 Å². The van der Waals surface area contributed by atoms with Crippen LogP contribution in [0.5, 0.6) is 0 Å². The van der Waals surface area contributed by atoms with E-state index < -0.39 is 15.8 Å². The minimum absolute atomic E-state index is 0.483. The average Bonchev–Trinajstić information content (AvgIpc) is 2.75. The molecule has 0 saturated carbocycles. The van der Waals surface area contributed by atoms with Crippen LogP contribution in [0.2, 0.25) is 0 Å². The van der Waals surface area contributed by atoms with Crippen LogP contribution in [-0.2, 0) is 0 Å². The van der Waals surface area contributed by atoms with Gasteiger partial charge in [-0.3, -0.25) is 0 Å². The molecule has 0 spiro atoms. The Balaban J connectivity index is 1.85. The molecule has 0 N–H and O–H groups in total. The Hall–Kier alpha value is -2.26. The number of benzene rings is 4. The summed E-state index contributed by atoms with van der Waals surface area (Å²) in [6.07, 6.45) is 1.19. The van der Waals surface area contributed by atoms with Gasteiger partial charge in [0.2, 0.25) is 0 Å². The molecule has 1 atom stereocenters. The Kier molecular flexibility index (Phi) is 8.74. The van der Waals surface area contributed by atoms with E-state index in [-0.39, 0.29) is 0 Å². The van der Waals surface area contributed by atoms with E-state index in [0.717, 1.165) is 0 Å². The molecule has 4 rings (SSSR count). The third kappa shape index (κ3) is 6.99. The molecule has 0 aromatic heterocycles. The van der Waals surface area contributed by atoms with Gasteiger partial charge in [-0.1, -0.05) is 124 Å². The molecule has 1 unspecified atom stereocenters. The van der Waals surface area contributed by atoms with Gasteiger partial charge in [-0.2, -0.15) is 0 Å². The minimum atomic E-state index is -0.505. The van der Waals surface area contributed by atoms with Crippen molar-refractivity contribution >= 4 is 37.1 Å². The van der Waals surface area contributed by atoms with Gasteiger partial charge in [0, 0.05) is 0 Å². The summed E-state index contributed by atoms with van der Waals surface area (Å²) in [6, 6.07) is 28.8. The van der Waals surface area contributed by atoms with E-state index in [9.17, 15) is 0 Å². The largest absolute Gasteiger partial charge is 0.0576 e. The second-order valence-corrected chi connectivity index (χ2v) is 16.1. The summed E-state index contributed by atoms with van der Waals surface area (Å²) in [6.45, 7) is 20.5. The molecule has 2 heteroatoms. The molecular weight excluding hydrogens is 482 g/mol. The average molecular weight is 525 g/mol. The van der Waals surface area contributed by atoms with Crippen molar-refractivity contribution in [2.75, 3.05) is 6.16 Å². The van der Waals surface area contributed by atoms with Crippen molar-refractivity contribution in [2.45, 2.75) is 68.0 Å². The van der Waals surface area contributed by atoms with Crippen molar-refractivity contribution in [3.05, 3.63) is 117 Å². The minimum Gasteiger partial charge on any atom is -0.0576 e. The first-order valence-corrected chi connectivity index (χ1v) is 16.3. The maximum absolute atomic E-state index is 2.52. The fraction of sp³-hybridized carbons (Fsp3) is 0.314. The maximum Gasteiger partial charge on any atom is -0.0112 e. The van der Waals surface area contributed by atoms with Crippen LogP contribution in [-0.4, -0.2) is 11.8 Å². The lowest BCUT2D eigenvalue weighted by Gasteiger charge is -2.31. The Morgan fingerprint density at radius 3 is 0.919 bits per heavy atom. The van der Waals surface area contributed by atoms with Gasteiger partial charge >= 0.3 is 0 Å². The van der Waals surface area contributed by atoms with Crippen LogP contribution in [0, 0.1) is 55.4 Å². The summed E-state index contributed by atoms with van der Waals surface area (Å²) in [5, 5.41) is 6.06. The molecule has 4 aromatic rings. The van der Waals surface area contributed by atoms with E-state index in [0.29, 0.717) is 5.66 Å². The monoisotopic (exact) mass is 524 g/mol. The molecule has 0 bridgehead atoms. The first kappa shape index (κ1) is 27.8. The molecule has 0 aliphatic rings. The Morgan fingerprint density at radius 1 is 0.405 bits per heavy atom. The van der Waals surface area contributed by atoms with Crippen LogP contribution in [0.3, 0.4) is 0 Å². The molecule has 4 aromatic carbocycles. The maximum atomic E-state index is 2.52. The lowest BCUT2D eigenvalue weighted by atomic mass is 10.2. The van der Waals surface area contributed by atoms with Gasteiger partial charge in [-0.25, -0.2) is 0 Å². The van der Waals surface area contributed by atoms with Gasteiger partial charge < -0.3 is 0 Å². The first-order chi connectivity index (χ1) is 17.5. The van der Waals surface area contributed by atoms with Crippen LogP contribution < -0.4 is 21.2 Å². The van der Waals surface area contributed by atoms with Crippen LogP contribution in [0.15, 0.2) is 72.8 Å². The van der Waals surface area contributed by atoms with Crippen molar-refractivity contribution in [3.63, 3.8) is 0 Å². The van der Waals surface area contributed by atoms with Crippen molar-refractivity contribution in [1.29, 1.82) is 0 Å². The molecule has 0 amide bonds. The number of aryl methyl sites for hydroxylation is 8. The molecule has 0 fully saturated rings. The summed E-state index contributed by atoms with van der Waals surface area (Å²) in [4.78, 5) is 0. The van der Waals surface area contributed by atoms with E-state index in [2.05, 4.69) is 135 Å². The third-order valence-electron chi connectivity index (χ3n) is 6.89. The Bertz CT molecular complexity index is 1230. The van der Waals surface area contributed by atoms with E-state index in [1.165, 1.54) is 71.9 Å². The molecule has 0 saturated heterocycles. The summed E-state index contributed by atoms with van der Waals surface area (Å²) < 4.78 is 0. The van der Waals surface area contributed by atoms with E-state index in [1.54, 1.807) is 0 Å². The lowest BCUT2D eigenvalue weighted by molar-refractivity contribution is 1.11. The first-order valence-electron chi connectivity index (χ1n) is 13.4. The highest BCUT2D eigenvalue weighted by molar-refractivity contribution is 7.77. The highest BCUT2D eigenvalue weighted by Gasteiger charge is 2.27. The van der Waals surface area contributed by atoms with Gasteiger partial charge in [0.15, 0.2) is 0 Å². The summed E-state index contributed by atoms with van der Waals surface area (Å²) in [7, 11) is -0.987. The van der Waals surface area contributed by atoms with E-state index in [4.69, 9.17) is 0 Å². The second kappa shape index (κ2) is 11.6. The number of rotatable bonds is 7. The molecule has 0 radical (unpaired) electrons. The topological polar surface area (TPSA) is 0 Å². The van der Waals surface area contributed by atoms with Crippen molar-refractivity contribution in [3.8, 4) is 0 Å². The Morgan fingerprint density at radius 2 is 0.649 bits per heavy atom. The smallest absolute Gasteiger partial charge is 0.0112 e.